The Bertz CT molecular complexity index is 953. The van der Waals surface area contributed by atoms with Gasteiger partial charge in [0, 0.05) is 12.1 Å². The summed E-state index contributed by atoms with van der Waals surface area (Å²) in [5, 5.41) is 20.3. The molecule has 0 unspecified atom stereocenters. The Morgan fingerprint density at radius 3 is 2.62 bits per heavy atom. The third kappa shape index (κ3) is 3.05. The number of halogens is 1. The lowest BCUT2D eigenvalue weighted by molar-refractivity contribution is 0.272. The van der Waals surface area contributed by atoms with Gasteiger partial charge in [0.2, 0.25) is 0 Å². The molecular weight excluding hydrogens is 326 g/mol. The maximum absolute atomic E-state index is 10.3. The number of ether oxygens (including phenoxy) is 1. The molecule has 2 aromatic carbocycles. The highest BCUT2D eigenvalue weighted by Crippen LogP contribution is 2.22. The Kier molecular flexibility index (Phi) is 4.41. The van der Waals surface area contributed by atoms with Crippen LogP contribution in [0.25, 0.3) is 16.6 Å². The van der Waals surface area contributed by atoms with Crippen LogP contribution in [0.2, 0.25) is 5.02 Å². The third-order valence-corrected chi connectivity index (χ3v) is 3.85. The maximum Gasteiger partial charge on any atom is 0.155 e. The molecule has 0 radical (unpaired) electrons. The molecule has 0 atom stereocenters. The van der Waals surface area contributed by atoms with Crippen molar-refractivity contribution in [1.82, 2.24) is 9.55 Å². The molecule has 1 heterocycles. The first-order valence-electron chi connectivity index (χ1n) is 7.22. The molecule has 3 aromatic rings. The fraction of sp³-hybridized carbons (Fsp3) is 0.111. The SMILES string of the molecule is Cn1c(/C(C#N)=C(\O)COc2ccc(Cl)cc2)nc2ccccc21. The minimum absolute atomic E-state index is 0.0858. The van der Waals surface area contributed by atoms with Crippen LogP contribution in [0, 0.1) is 11.3 Å². The number of rotatable bonds is 4. The predicted molar refractivity (Wildman–Crippen MR) is 92.8 cm³/mol. The number of aryl methyl sites for hydroxylation is 1. The lowest BCUT2D eigenvalue weighted by atomic mass is 10.2. The molecule has 0 aliphatic heterocycles. The summed E-state index contributed by atoms with van der Waals surface area (Å²) in [6.07, 6.45) is 0. The van der Waals surface area contributed by atoms with Crippen LogP contribution in [0.4, 0.5) is 0 Å². The Hall–Kier alpha value is -2.97. The summed E-state index contributed by atoms with van der Waals surface area (Å²) in [5.41, 5.74) is 1.73. The van der Waals surface area contributed by atoms with Gasteiger partial charge in [-0.2, -0.15) is 5.26 Å². The summed E-state index contributed by atoms with van der Waals surface area (Å²) < 4.78 is 7.26. The molecule has 5 nitrogen and oxygen atoms in total. The number of fused-ring (bicyclic) bond motifs is 1. The molecule has 3 rings (SSSR count). The number of hydrogen-bond acceptors (Lipinski definition) is 4. The molecule has 1 aromatic heterocycles. The number of aliphatic hydroxyl groups is 1. The first-order valence-corrected chi connectivity index (χ1v) is 7.60. The van der Waals surface area contributed by atoms with E-state index in [4.69, 9.17) is 16.3 Å². The fourth-order valence-electron chi connectivity index (χ4n) is 2.37. The van der Waals surface area contributed by atoms with E-state index in [-0.39, 0.29) is 17.9 Å². The van der Waals surface area contributed by atoms with Crippen molar-refractivity contribution in [2.45, 2.75) is 0 Å². The first-order chi connectivity index (χ1) is 11.6. The number of imidazole rings is 1. The van der Waals surface area contributed by atoms with Crippen LogP contribution in [0.15, 0.2) is 54.3 Å². The Labute approximate surface area is 144 Å². The minimum Gasteiger partial charge on any atom is -0.507 e. The van der Waals surface area contributed by atoms with Crippen molar-refractivity contribution >= 4 is 28.2 Å². The molecule has 24 heavy (non-hydrogen) atoms. The molecule has 6 heteroatoms. The van der Waals surface area contributed by atoms with E-state index in [1.807, 2.05) is 30.3 Å². The van der Waals surface area contributed by atoms with E-state index < -0.39 is 0 Å². The molecule has 0 fully saturated rings. The summed E-state index contributed by atoms with van der Waals surface area (Å²) >= 11 is 5.82. The van der Waals surface area contributed by atoms with Gasteiger partial charge in [-0.25, -0.2) is 4.98 Å². The van der Waals surface area contributed by atoms with Crippen LogP contribution in [0.3, 0.4) is 0 Å². The maximum atomic E-state index is 10.3. The fourth-order valence-corrected chi connectivity index (χ4v) is 2.49. The zero-order valence-electron chi connectivity index (χ0n) is 12.9. The number of allylic oxidation sites excluding steroid dienone is 1. The van der Waals surface area contributed by atoms with E-state index in [9.17, 15) is 10.4 Å². The number of para-hydroxylation sites is 2. The molecule has 0 aliphatic carbocycles. The van der Waals surface area contributed by atoms with Crippen molar-refractivity contribution in [2.24, 2.45) is 7.05 Å². The second-order valence-electron chi connectivity index (χ2n) is 5.16. The predicted octanol–water partition coefficient (Wildman–Crippen LogP) is 4.10. The van der Waals surface area contributed by atoms with Gasteiger partial charge < -0.3 is 14.4 Å². The second-order valence-corrected chi connectivity index (χ2v) is 5.60. The highest BCUT2D eigenvalue weighted by Gasteiger charge is 2.16. The quantitative estimate of drug-likeness (QED) is 0.574. The van der Waals surface area contributed by atoms with Gasteiger partial charge in [-0.05, 0) is 36.4 Å². The van der Waals surface area contributed by atoms with Gasteiger partial charge in [0.25, 0.3) is 0 Å². The first kappa shape index (κ1) is 15.9. The zero-order chi connectivity index (χ0) is 17.1. The zero-order valence-corrected chi connectivity index (χ0v) is 13.7. The summed E-state index contributed by atoms with van der Waals surface area (Å²) in [7, 11) is 1.80. The van der Waals surface area contributed by atoms with Crippen LogP contribution in [0.5, 0.6) is 5.75 Å². The Morgan fingerprint density at radius 1 is 1.25 bits per heavy atom. The van der Waals surface area contributed by atoms with Crippen molar-refractivity contribution < 1.29 is 9.84 Å². The van der Waals surface area contributed by atoms with Crippen LogP contribution in [0.1, 0.15) is 5.82 Å². The lowest BCUT2D eigenvalue weighted by Gasteiger charge is -2.08. The number of aliphatic hydroxyl groups excluding tert-OH is 1. The van der Waals surface area contributed by atoms with Gasteiger partial charge in [0.15, 0.2) is 11.6 Å². The third-order valence-electron chi connectivity index (χ3n) is 3.60. The number of hydrogen-bond donors (Lipinski definition) is 1. The topological polar surface area (TPSA) is 71.1 Å². The number of nitrogens with zero attached hydrogens (tertiary/aromatic N) is 3. The Morgan fingerprint density at radius 2 is 1.96 bits per heavy atom. The van der Waals surface area contributed by atoms with Gasteiger partial charge in [0.1, 0.15) is 24.0 Å². The average molecular weight is 340 g/mol. The molecule has 120 valence electrons. The molecule has 0 amide bonds. The minimum atomic E-state index is -0.175. The molecule has 0 saturated carbocycles. The van der Waals surface area contributed by atoms with Crippen LogP contribution >= 0.6 is 11.6 Å². The van der Waals surface area contributed by atoms with E-state index >= 15 is 0 Å². The number of nitriles is 1. The van der Waals surface area contributed by atoms with Crippen molar-refractivity contribution in [1.29, 1.82) is 5.26 Å². The van der Waals surface area contributed by atoms with Crippen LogP contribution in [-0.2, 0) is 7.05 Å². The molecule has 1 N–H and O–H groups in total. The summed E-state index contributed by atoms with van der Waals surface area (Å²) in [4.78, 5) is 4.42. The number of aromatic nitrogens is 2. The van der Waals surface area contributed by atoms with Crippen molar-refractivity contribution in [3.8, 4) is 11.8 Å². The Balaban J connectivity index is 1.90. The van der Waals surface area contributed by atoms with Gasteiger partial charge in [-0.1, -0.05) is 23.7 Å². The lowest BCUT2D eigenvalue weighted by Crippen LogP contribution is -2.06. The summed E-state index contributed by atoms with van der Waals surface area (Å²) in [6.45, 7) is -0.131. The van der Waals surface area contributed by atoms with Gasteiger partial charge in [-0.15, -0.1) is 0 Å². The monoisotopic (exact) mass is 339 g/mol. The summed E-state index contributed by atoms with van der Waals surface area (Å²) in [5.74, 6) is 0.773. The highest BCUT2D eigenvalue weighted by atomic mass is 35.5. The van der Waals surface area contributed by atoms with Gasteiger partial charge in [-0.3, -0.25) is 0 Å². The van der Waals surface area contributed by atoms with Gasteiger partial charge >= 0.3 is 0 Å². The molecular formula is C18H14ClN3O2. The van der Waals surface area contributed by atoms with E-state index in [2.05, 4.69) is 4.98 Å². The standard InChI is InChI=1S/C18H14ClN3O2/c1-22-16-5-3-2-4-15(16)21-18(22)14(10-20)17(23)11-24-13-8-6-12(19)7-9-13/h2-9,23H,11H2,1H3/b17-14-. The van der Waals surface area contributed by atoms with Crippen LogP contribution in [-0.4, -0.2) is 21.3 Å². The van der Waals surface area contributed by atoms with E-state index in [1.165, 1.54) is 0 Å². The smallest absolute Gasteiger partial charge is 0.155 e. The largest absolute Gasteiger partial charge is 0.507 e. The molecule has 0 bridgehead atoms. The van der Waals surface area contributed by atoms with E-state index in [0.29, 0.717) is 16.6 Å². The normalized spacial score (nSPS) is 11.9. The van der Waals surface area contributed by atoms with Crippen molar-refractivity contribution in [3.63, 3.8) is 0 Å². The van der Waals surface area contributed by atoms with Crippen LogP contribution < -0.4 is 4.74 Å². The highest BCUT2D eigenvalue weighted by molar-refractivity contribution is 6.30. The molecule has 0 aliphatic rings. The number of benzene rings is 2. The average Bonchev–Trinajstić information content (AvgIpc) is 2.92. The van der Waals surface area contributed by atoms with Gasteiger partial charge in [0.05, 0.1) is 11.0 Å². The van der Waals surface area contributed by atoms with E-state index in [1.54, 1.807) is 35.9 Å². The van der Waals surface area contributed by atoms with E-state index in [0.717, 1.165) is 11.0 Å². The summed E-state index contributed by atoms with van der Waals surface area (Å²) in [6, 6.07) is 16.3. The van der Waals surface area contributed by atoms with Crippen molar-refractivity contribution in [3.05, 3.63) is 65.1 Å². The second kappa shape index (κ2) is 6.65. The molecule has 0 saturated heterocycles. The van der Waals surface area contributed by atoms with Crippen molar-refractivity contribution in [2.75, 3.05) is 6.61 Å². The molecule has 0 spiro atoms.